The van der Waals surface area contributed by atoms with Gasteiger partial charge >= 0.3 is 12.0 Å². The fourth-order valence-electron chi connectivity index (χ4n) is 1.40. The zero-order valence-electron chi connectivity index (χ0n) is 10.0. The molecule has 1 aromatic carbocycles. The molecule has 0 bridgehead atoms. The summed E-state index contributed by atoms with van der Waals surface area (Å²) in [5, 5.41) is 8.56. The van der Waals surface area contributed by atoms with Crippen LogP contribution in [0.5, 0.6) is 0 Å². The molecule has 19 heavy (non-hydrogen) atoms. The molecule has 2 aromatic rings. The Balaban J connectivity index is 2.02. The van der Waals surface area contributed by atoms with Gasteiger partial charge in [0.15, 0.2) is 5.82 Å². The van der Waals surface area contributed by atoms with Gasteiger partial charge in [-0.05, 0) is 18.2 Å². The summed E-state index contributed by atoms with van der Waals surface area (Å²) in [6, 6.07) is 7.40. The number of amides is 2. The Kier molecular flexibility index (Phi) is 3.77. The van der Waals surface area contributed by atoms with Crippen molar-refractivity contribution in [2.75, 3.05) is 17.7 Å². The summed E-state index contributed by atoms with van der Waals surface area (Å²) in [6.45, 7) is 0. The van der Waals surface area contributed by atoms with Gasteiger partial charge in [0, 0.05) is 11.8 Å². The molecule has 0 aliphatic heterocycles. The minimum Gasteiger partial charge on any atom is -0.465 e. The van der Waals surface area contributed by atoms with Crippen molar-refractivity contribution in [2.45, 2.75) is 0 Å². The fourth-order valence-corrected chi connectivity index (χ4v) is 1.40. The molecule has 7 heteroatoms. The number of hydrogen-bond donors (Lipinski definition) is 2. The van der Waals surface area contributed by atoms with Gasteiger partial charge < -0.3 is 14.6 Å². The first-order chi connectivity index (χ1) is 9.19. The average molecular weight is 261 g/mol. The number of aromatic nitrogens is 1. The van der Waals surface area contributed by atoms with Crippen molar-refractivity contribution in [3.63, 3.8) is 0 Å². The monoisotopic (exact) mass is 261 g/mol. The smallest absolute Gasteiger partial charge is 0.337 e. The van der Waals surface area contributed by atoms with Crippen LogP contribution < -0.4 is 10.6 Å². The molecule has 1 aromatic heterocycles. The molecule has 0 unspecified atom stereocenters. The second kappa shape index (κ2) is 5.67. The maximum absolute atomic E-state index is 11.6. The first-order valence-corrected chi connectivity index (χ1v) is 5.36. The highest BCUT2D eigenvalue weighted by Gasteiger charge is 2.08. The lowest BCUT2D eigenvalue weighted by Gasteiger charge is -2.06. The zero-order chi connectivity index (χ0) is 13.7. The molecular formula is C12H11N3O4. The van der Waals surface area contributed by atoms with E-state index in [1.807, 2.05) is 0 Å². The van der Waals surface area contributed by atoms with Crippen LogP contribution >= 0.6 is 0 Å². The van der Waals surface area contributed by atoms with Crippen LogP contribution in [0.4, 0.5) is 16.3 Å². The topological polar surface area (TPSA) is 93.5 Å². The molecule has 0 saturated heterocycles. The number of carbonyl (C=O) groups is 2. The Bertz CT molecular complexity index is 580. The van der Waals surface area contributed by atoms with E-state index < -0.39 is 12.0 Å². The lowest BCUT2D eigenvalue weighted by molar-refractivity contribution is 0.0600. The third-order valence-electron chi connectivity index (χ3n) is 2.22. The summed E-state index contributed by atoms with van der Waals surface area (Å²) in [5.41, 5.74) is 0.811. The SMILES string of the molecule is COC(=O)c1cccc(NC(=O)Nc2ccon2)c1. The van der Waals surface area contributed by atoms with Crippen molar-refractivity contribution >= 4 is 23.5 Å². The maximum atomic E-state index is 11.6. The largest absolute Gasteiger partial charge is 0.465 e. The van der Waals surface area contributed by atoms with E-state index in [2.05, 4.69) is 25.1 Å². The summed E-state index contributed by atoms with van der Waals surface area (Å²) in [6.07, 6.45) is 1.34. The molecular weight excluding hydrogens is 250 g/mol. The summed E-state index contributed by atoms with van der Waals surface area (Å²) < 4.78 is 9.17. The van der Waals surface area contributed by atoms with E-state index in [1.54, 1.807) is 18.2 Å². The van der Waals surface area contributed by atoms with Gasteiger partial charge in [-0.15, -0.1) is 0 Å². The number of nitrogens with zero attached hydrogens (tertiary/aromatic N) is 1. The van der Waals surface area contributed by atoms with Crippen molar-refractivity contribution in [3.05, 3.63) is 42.2 Å². The molecule has 0 aliphatic carbocycles. The molecule has 7 nitrogen and oxygen atoms in total. The Labute approximate surface area is 108 Å². The summed E-state index contributed by atoms with van der Waals surface area (Å²) >= 11 is 0. The Hall–Kier alpha value is -2.83. The number of esters is 1. The molecule has 2 amide bonds. The van der Waals surface area contributed by atoms with Gasteiger partial charge in [0.05, 0.1) is 12.7 Å². The van der Waals surface area contributed by atoms with Crippen LogP contribution in [0.3, 0.4) is 0 Å². The number of methoxy groups -OCH3 is 1. The predicted octanol–water partition coefficient (Wildman–Crippen LogP) is 2.11. The summed E-state index contributed by atoms with van der Waals surface area (Å²) in [4.78, 5) is 22.9. The molecule has 0 radical (unpaired) electrons. The quantitative estimate of drug-likeness (QED) is 0.825. The first kappa shape index (κ1) is 12.6. The fraction of sp³-hybridized carbons (Fsp3) is 0.0833. The number of carbonyl (C=O) groups excluding carboxylic acids is 2. The van der Waals surface area contributed by atoms with Gasteiger partial charge in [0.1, 0.15) is 6.26 Å². The minimum atomic E-state index is -0.490. The van der Waals surface area contributed by atoms with E-state index in [4.69, 9.17) is 0 Å². The van der Waals surface area contributed by atoms with Gasteiger partial charge in [-0.2, -0.15) is 0 Å². The van der Waals surface area contributed by atoms with Gasteiger partial charge in [-0.25, -0.2) is 9.59 Å². The normalized spacial score (nSPS) is 9.74. The highest BCUT2D eigenvalue weighted by atomic mass is 16.5. The number of urea groups is 1. The van der Waals surface area contributed by atoms with Gasteiger partial charge in [-0.3, -0.25) is 5.32 Å². The van der Waals surface area contributed by atoms with Crippen LogP contribution in [-0.4, -0.2) is 24.3 Å². The van der Waals surface area contributed by atoms with Crippen molar-refractivity contribution in [1.29, 1.82) is 0 Å². The van der Waals surface area contributed by atoms with E-state index >= 15 is 0 Å². The van der Waals surface area contributed by atoms with E-state index in [0.29, 0.717) is 17.1 Å². The Morgan fingerprint density at radius 2 is 2.11 bits per heavy atom. The lowest BCUT2D eigenvalue weighted by Crippen LogP contribution is -2.19. The second-order valence-electron chi connectivity index (χ2n) is 3.54. The number of anilines is 2. The Morgan fingerprint density at radius 1 is 1.26 bits per heavy atom. The number of hydrogen-bond acceptors (Lipinski definition) is 5. The number of benzene rings is 1. The van der Waals surface area contributed by atoms with E-state index in [9.17, 15) is 9.59 Å². The van der Waals surface area contributed by atoms with E-state index in [-0.39, 0.29) is 0 Å². The number of nitrogens with one attached hydrogen (secondary N) is 2. The van der Waals surface area contributed by atoms with Crippen LogP contribution in [0.1, 0.15) is 10.4 Å². The second-order valence-corrected chi connectivity index (χ2v) is 3.54. The highest BCUT2D eigenvalue weighted by molar-refractivity contribution is 6.00. The molecule has 0 saturated carbocycles. The summed E-state index contributed by atoms with van der Waals surface area (Å²) in [5.74, 6) is -0.179. The standard InChI is InChI=1S/C12H11N3O4/c1-18-11(16)8-3-2-4-9(7-8)13-12(17)14-10-5-6-19-15-10/h2-7H,1H3,(H2,13,14,15,17). The maximum Gasteiger partial charge on any atom is 0.337 e. The molecule has 2 rings (SSSR count). The minimum absolute atomic E-state index is 0.293. The van der Waals surface area contributed by atoms with Gasteiger partial charge in [0.25, 0.3) is 0 Å². The van der Waals surface area contributed by atoms with Crippen molar-refractivity contribution in [2.24, 2.45) is 0 Å². The molecule has 0 fully saturated rings. The van der Waals surface area contributed by atoms with Crippen molar-refractivity contribution in [1.82, 2.24) is 5.16 Å². The predicted molar refractivity (Wildman–Crippen MR) is 66.9 cm³/mol. The molecule has 0 spiro atoms. The van der Waals surface area contributed by atoms with Crippen LogP contribution in [0.15, 0.2) is 41.1 Å². The molecule has 1 heterocycles. The van der Waals surface area contributed by atoms with Crippen LogP contribution in [0.2, 0.25) is 0 Å². The zero-order valence-corrected chi connectivity index (χ0v) is 10.0. The van der Waals surface area contributed by atoms with Crippen LogP contribution in [0, 0.1) is 0 Å². The van der Waals surface area contributed by atoms with Crippen LogP contribution in [0.25, 0.3) is 0 Å². The molecule has 98 valence electrons. The van der Waals surface area contributed by atoms with Crippen LogP contribution in [-0.2, 0) is 4.74 Å². The molecule has 2 N–H and O–H groups in total. The number of rotatable bonds is 3. The highest BCUT2D eigenvalue weighted by Crippen LogP contribution is 2.12. The lowest BCUT2D eigenvalue weighted by atomic mass is 10.2. The van der Waals surface area contributed by atoms with E-state index in [1.165, 1.54) is 25.5 Å². The average Bonchev–Trinajstić information content (AvgIpc) is 2.90. The number of ether oxygens (including phenoxy) is 1. The van der Waals surface area contributed by atoms with Gasteiger partial charge in [-0.1, -0.05) is 11.2 Å². The van der Waals surface area contributed by atoms with E-state index in [0.717, 1.165) is 0 Å². The van der Waals surface area contributed by atoms with Crippen molar-refractivity contribution in [3.8, 4) is 0 Å². The molecule has 0 aliphatic rings. The van der Waals surface area contributed by atoms with Gasteiger partial charge in [0.2, 0.25) is 0 Å². The van der Waals surface area contributed by atoms with Crippen molar-refractivity contribution < 1.29 is 18.8 Å². The third kappa shape index (κ3) is 3.32. The summed E-state index contributed by atoms with van der Waals surface area (Å²) in [7, 11) is 1.29. The third-order valence-corrected chi connectivity index (χ3v) is 2.22. The molecule has 0 atom stereocenters. The first-order valence-electron chi connectivity index (χ1n) is 5.36. The Morgan fingerprint density at radius 3 is 2.79 bits per heavy atom.